The molecule has 0 saturated carbocycles. The topological polar surface area (TPSA) is 20.3 Å². The molecule has 1 saturated heterocycles. The van der Waals surface area contributed by atoms with Gasteiger partial charge in [-0.1, -0.05) is 67.1 Å². The number of benzene rings is 1. The van der Waals surface area contributed by atoms with Crippen LogP contribution in [0, 0.1) is 5.92 Å². The lowest BCUT2D eigenvalue weighted by Crippen LogP contribution is -2.31. The van der Waals surface area contributed by atoms with Gasteiger partial charge in [0.15, 0.2) is 0 Å². The molecule has 0 spiro atoms. The average molecular weight is 346 g/mol. The molecule has 0 bridgehead atoms. The van der Waals surface area contributed by atoms with Gasteiger partial charge in [-0.05, 0) is 29.7 Å². The summed E-state index contributed by atoms with van der Waals surface area (Å²) in [4.78, 5) is 14.6. The predicted molar refractivity (Wildman–Crippen MR) is 91.2 cm³/mol. The number of halogens is 2. The van der Waals surface area contributed by atoms with Crippen molar-refractivity contribution >= 4 is 63.5 Å². The van der Waals surface area contributed by atoms with E-state index in [2.05, 4.69) is 13.8 Å². The third-order valence-electron chi connectivity index (χ3n) is 2.66. The second kappa shape index (κ2) is 6.48. The van der Waals surface area contributed by atoms with Gasteiger partial charge < -0.3 is 0 Å². The zero-order chi connectivity index (χ0) is 14.9. The van der Waals surface area contributed by atoms with E-state index in [4.69, 9.17) is 35.4 Å². The Morgan fingerprint density at radius 2 is 2.05 bits per heavy atom. The Kier molecular flexibility index (Phi) is 5.13. The van der Waals surface area contributed by atoms with Crippen LogP contribution in [0.5, 0.6) is 0 Å². The van der Waals surface area contributed by atoms with Crippen molar-refractivity contribution in [3.63, 3.8) is 0 Å². The summed E-state index contributed by atoms with van der Waals surface area (Å²) in [6, 6.07) is 5.27. The van der Waals surface area contributed by atoms with Crippen LogP contribution >= 0.6 is 47.2 Å². The van der Waals surface area contributed by atoms with Crippen LogP contribution in [0.25, 0.3) is 6.08 Å². The first-order valence-corrected chi connectivity index (χ1v) is 8.07. The summed E-state index contributed by atoms with van der Waals surface area (Å²) >= 11 is 18.4. The highest BCUT2D eigenvalue weighted by atomic mass is 35.5. The summed E-state index contributed by atoms with van der Waals surface area (Å²) in [5, 5.41) is 0.967. The highest BCUT2D eigenvalue weighted by molar-refractivity contribution is 8.26. The first-order chi connectivity index (χ1) is 9.38. The summed E-state index contributed by atoms with van der Waals surface area (Å²) in [7, 11) is 0. The quantitative estimate of drug-likeness (QED) is 0.576. The molecule has 0 atom stereocenters. The number of hydrogen-bond acceptors (Lipinski definition) is 3. The molecule has 1 fully saturated rings. The molecule has 2 rings (SSSR count). The van der Waals surface area contributed by atoms with E-state index in [-0.39, 0.29) is 5.91 Å². The molecular weight excluding hydrogens is 333 g/mol. The Morgan fingerprint density at radius 3 is 2.65 bits per heavy atom. The smallest absolute Gasteiger partial charge is 0.266 e. The van der Waals surface area contributed by atoms with Crippen molar-refractivity contribution in [1.29, 1.82) is 0 Å². The van der Waals surface area contributed by atoms with E-state index in [1.165, 1.54) is 11.8 Å². The molecule has 0 aliphatic carbocycles. The van der Waals surface area contributed by atoms with E-state index in [0.29, 0.717) is 31.7 Å². The number of carbonyl (C=O) groups is 1. The second-order valence-electron chi connectivity index (χ2n) is 4.86. The number of amides is 1. The highest BCUT2D eigenvalue weighted by Crippen LogP contribution is 2.33. The number of carbonyl (C=O) groups excluding carboxylic acids is 1. The maximum absolute atomic E-state index is 12.3. The van der Waals surface area contributed by atoms with Crippen molar-refractivity contribution in [2.24, 2.45) is 5.92 Å². The second-order valence-corrected chi connectivity index (χ2v) is 7.35. The van der Waals surface area contributed by atoms with Gasteiger partial charge in [0.05, 0.1) is 15.0 Å². The predicted octanol–water partition coefficient (Wildman–Crippen LogP) is 4.85. The summed E-state index contributed by atoms with van der Waals surface area (Å²) in [5.74, 6) is 0.335. The van der Waals surface area contributed by atoms with Crippen LogP contribution in [0.3, 0.4) is 0 Å². The van der Waals surface area contributed by atoms with Gasteiger partial charge in [0.25, 0.3) is 5.91 Å². The molecule has 6 heteroatoms. The van der Waals surface area contributed by atoms with Gasteiger partial charge in [-0.25, -0.2) is 0 Å². The molecule has 20 heavy (non-hydrogen) atoms. The molecule has 106 valence electrons. The van der Waals surface area contributed by atoms with E-state index < -0.39 is 0 Å². The maximum atomic E-state index is 12.3. The fourth-order valence-corrected chi connectivity index (χ4v) is 3.36. The molecule has 1 heterocycles. The lowest BCUT2D eigenvalue weighted by molar-refractivity contribution is -0.122. The number of nitrogens with zero attached hydrogens (tertiary/aromatic N) is 1. The van der Waals surface area contributed by atoms with Crippen LogP contribution in [0.1, 0.15) is 19.4 Å². The van der Waals surface area contributed by atoms with E-state index >= 15 is 0 Å². The fourth-order valence-electron chi connectivity index (χ4n) is 1.78. The zero-order valence-corrected chi connectivity index (χ0v) is 14.2. The molecule has 1 aliphatic rings. The minimum absolute atomic E-state index is 0.0419. The first-order valence-electron chi connectivity index (χ1n) is 6.09. The van der Waals surface area contributed by atoms with E-state index in [9.17, 15) is 4.79 Å². The normalized spacial score (nSPS) is 17.6. The maximum Gasteiger partial charge on any atom is 0.266 e. The average Bonchev–Trinajstić information content (AvgIpc) is 2.61. The van der Waals surface area contributed by atoms with E-state index in [0.717, 1.165) is 5.56 Å². The van der Waals surface area contributed by atoms with Crippen LogP contribution in [0.4, 0.5) is 0 Å². The van der Waals surface area contributed by atoms with Gasteiger partial charge in [0.1, 0.15) is 4.32 Å². The first kappa shape index (κ1) is 15.8. The molecule has 1 amide bonds. The minimum Gasteiger partial charge on any atom is -0.293 e. The third-order valence-corrected chi connectivity index (χ3v) is 4.78. The van der Waals surface area contributed by atoms with Gasteiger partial charge in [-0.15, -0.1) is 0 Å². The Labute approximate surface area is 138 Å². The van der Waals surface area contributed by atoms with Crippen LogP contribution in [-0.2, 0) is 4.79 Å². The SMILES string of the molecule is CC(C)CN1C(=O)/C(=C\c2ccc(Cl)c(Cl)c2)SC1=S. The third kappa shape index (κ3) is 3.55. The molecule has 0 radical (unpaired) electrons. The number of thioether (sulfide) groups is 1. The summed E-state index contributed by atoms with van der Waals surface area (Å²) in [6.45, 7) is 4.76. The van der Waals surface area contributed by atoms with Gasteiger partial charge >= 0.3 is 0 Å². The lowest BCUT2D eigenvalue weighted by Gasteiger charge is -2.16. The lowest BCUT2D eigenvalue weighted by atomic mass is 10.2. The monoisotopic (exact) mass is 345 g/mol. The van der Waals surface area contributed by atoms with Crippen molar-refractivity contribution in [2.45, 2.75) is 13.8 Å². The van der Waals surface area contributed by atoms with Gasteiger partial charge in [-0.3, -0.25) is 9.69 Å². The molecule has 0 N–H and O–H groups in total. The number of thiocarbonyl (C=S) groups is 1. The van der Waals surface area contributed by atoms with Crippen molar-refractivity contribution in [1.82, 2.24) is 4.90 Å². The Morgan fingerprint density at radius 1 is 1.35 bits per heavy atom. The van der Waals surface area contributed by atoms with Gasteiger partial charge in [0.2, 0.25) is 0 Å². The Bertz CT molecular complexity index is 599. The van der Waals surface area contributed by atoms with Crippen molar-refractivity contribution in [3.05, 3.63) is 38.7 Å². The largest absolute Gasteiger partial charge is 0.293 e. The molecule has 1 aromatic carbocycles. The van der Waals surface area contributed by atoms with E-state index in [1.54, 1.807) is 23.1 Å². The van der Waals surface area contributed by atoms with Crippen LogP contribution in [0.15, 0.2) is 23.1 Å². The zero-order valence-electron chi connectivity index (χ0n) is 11.0. The molecule has 0 aromatic heterocycles. The fraction of sp³-hybridized carbons (Fsp3) is 0.286. The highest BCUT2D eigenvalue weighted by Gasteiger charge is 2.32. The molecule has 1 aliphatic heterocycles. The molecule has 1 aromatic rings. The standard InChI is InChI=1S/C14H13Cl2NOS2/c1-8(2)7-17-13(18)12(20-14(17)19)6-9-3-4-10(15)11(16)5-9/h3-6,8H,7H2,1-2H3/b12-6+. The van der Waals surface area contributed by atoms with Crippen molar-refractivity contribution in [3.8, 4) is 0 Å². The van der Waals surface area contributed by atoms with Crippen LogP contribution < -0.4 is 0 Å². The summed E-state index contributed by atoms with van der Waals surface area (Å²) in [5.41, 5.74) is 0.837. The van der Waals surface area contributed by atoms with Crippen LogP contribution in [0.2, 0.25) is 10.0 Å². The number of rotatable bonds is 3. The summed E-state index contributed by atoms with van der Waals surface area (Å²) < 4.78 is 0.606. The van der Waals surface area contributed by atoms with Crippen molar-refractivity contribution in [2.75, 3.05) is 6.54 Å². The van der Waals surface area contributed by atoms with Gasteiger partial charge in [-0.2, -0.15) is 0 Å². The summed E-state index contributed by atoms with van der Waals surface area (Å²) in [6.07, 6.45) is 1.79. The Balaban J connectivity index is 2.25. The Hall–Kier alpha value is -0.550. The molecule has 2 nitrogen and oxygen atoms in total. The van der Waals surface area contributed by atoms with Crippen LogP contribution in [-0.4, -0.2) is 21.7 Å². The van der Waals surface area contributed by atoms with Gasteiger partial charge in [0, 0.05) is 6.54 Å². The van der Waals surface area contributed by atoms with Crippen molar-refractivity contribution < 1.29 is 4.79 Å². The molecular formula is C14H13Cl2NOS2. The minimum atomic E-state index is -0.0419. The number of hydrogen-bond donors (Lipinski definition) is 0. The molecule has 0 unspecified atom stereocenters. The van der Waals surface area contributed by atoms with E-state index in [1.807, 2.05) is 6.07 Å².